The molecule has 0 amide bonds. The number of rotatable bonds is 2. The Morgan fingerprint density at radius 1 is 0.909 bits per heavy atom. The molecule has 8 nitrogen and oxygen atoms in total. The highest BCUT2D eigenvalue weighted by Crippen LogP contribution is 2.50. The summed E-state index contributed by atoms with van der Waals surface area (Å²) in [7, 11) is 0. The number of carbonyl (C=O) groups is 2. The van der Waals surface area contributed by atoms with Gasteiger partial charge >= 0.3 is 11.9 Å². The molecule has 112 valence electrons. The van der Waals surface area contributed by atoms with E-state index in [0.717, 1.165) is 12.1 Å². The van der Waals surface area contributed by atoms with Gasteiger partial charge in [-0.25, -0.2) is 14.8 Å². The zero-order valence-electron chi connectivity index (χ0n) is 10.9. The molecule has 0 bridgehead atoms. The first-order valence-electron chi connectivity index (χ1n) is 6.07. The summed E-state index contributed by atoms with van der Waals surface area (Å²) in [5.41, 5.74) is -1.08. The topological polar surface area (TPSA) is 127 Å². The molecule has 3 rings (SSSR count). The predicted molar refractivity (Wildman–Crippen MR) is 73.5 cm³/mol. The summed E-state index contributed by atoms with van der Waals surface area (Å²) in [4.78, 5) is 19.9. The lowest BCUT2D eigenvalue weighted by Crippen LogP contribution is -2.36. The average molecular weight is 303 g/mol. The van der Waals surface area contributed by atoms with Crippen LogP contribution in [0.25, 0.3) is 0 Å². The van der Waals surface area contributed by atoms with Crippen LogP contribution < -0.4 is 9.55 Å². The maximum atomic E-state index is 12.5. The van der Waals surface area contributed by atoms with Crippen molar-refractivity contribution in [2.75, 3.05) is 0 Å². The van der Waals surface area contributed by atoms with E-state index >= 15 is 0 Å². The maximum Gasteiger partial charge on any atom is 0.335 e. The van der Waals surface area contributed by atoms with Crippen LogP contribution in [0.2, 0.25) is 0 Å². The van der Waals surface area contributed by atoms with Gasteiger partial charge in [-0.1, -0.05) is 0 Å². The van der Waals surface area contributed by atoms with Gasteiger partial charge in [-0.3, -0.25) is 0 Å². The Bertz CT molecular complexity index is 747. The predicted octanol–water partition coefficient (Wildman–Crippen LogP) is 2.71. The Balaban J connectivity index is 2.20. The molecule has 0 aromatic heterocycles. The second-order valence-electron chi connectivity index (χ2n) is 4.65. The van der Waals surface area contributed by atoms with Crippen molar-refractivity contribution in [2.24, 2.45) is 0 Å². The first-order valence-corrected chi connectivity index (χ1v) is 6.07. The van der Waals surface area contributed by atoms with Crippen LogP contribution >= 0.6 is 0 Å². The zero-order valence-corrected chi connectivity index (χ0v) is 10.9. The third-order valence-electron chi connectivity index (χ3n) is 3.28. The second kappa shape index (κ2) is 4.53. The molecule has 0 saturated carbocycles. The monoisotopic (exact) mass is 303 g/mol. The van der Waals surface area contributed by atoms with Crippen molar-refractivity contribution in [3.8, 4) is 11.5 Å². The molecule has 2 aromatic carbocycles. The minimum Gasteiger partial charge on any atom is -0.588 e. The summed E-state index contributed by atoms with van der Waals surface area (Å²) in [6.07, 6.45) is 0. The van der Waals surface area contributed by atoms with Gasteiger partial charge in [0.15, 0.2) is 11.5 Å². The lowest BCUT2D eigenvalue weighted by Gasteiger charge is -2.37. The van der Waals surface area contributed by atoms with Gasteiger partial charge in [0.05, 0.1) is 11.1 Å². The van der Waals surface area contributed by atoms with E-state index in [9.17, 15) is 20.0 Å². The van der Waals surface area contributed by atoms with Crippen LogP contribution in [0.15, 0.2) is 36.4 Å². The fourth-order valence-corrected chi connectivity index (χ4v) is 2.20. The second-order valence-corrected chi connectivity index (χ2v) is 4.65. The third-order valence-corrected chi connectivity index (χ3v) is 3.28. The van der Waals surface area contributed by atoms with Crippen LogP contribution in [-0.2, 0) is 0 Å². The lowest BCUT2D eigenvalue weighted by molar-refractivity contribution is 0.0195. The molecule has 1 aliphatic rings. The van der Waals surface area contributed by atoms with Crippen molar-refractivity contribution in [1.82, 2.24) is 4.81 Å². The number of nitrogens with zero attached hydrogens (tertiary/aromatic N) is 1. The van der Waals surface area contributed by atoms with Gasteiger partial charge in [-0.05, 0) is 24.3 Å². The van der Waals surface area contributed by atoms with E-state index in [1.54, 1.807) is 0 Å². The van der Waals surface area contributed by atoms with Crippen LogP contribution in [0.3, 0.4) is 0 Å². The normalized spacial score (nSPS) is 14.5. The number of hydrogen-bond donors (Lipinski definition) is 3. The quantitative estimate of drug-likeness (QED) is 0.574. The number of ether oxygens (including phenoxy) is 1. The van der Waals surface area contributed by atoms with Gasteiger partial charge in [0.25, 0.3) is 0 Å². The lowest BCUT2D eigenvalue weighted by atomic mass is 10.1. The molecule has 22 heavy (non-hydrogen) atoms. The Labute approximate surface area is 123 Å². The highest BCUT2D eigenvalue weighted by molar-refractivity contribution is 5.92. The van der Waals surface area contributed by atoms with Gasteiger partial charge < -0.3 is 20.2 Å². The van der Waals surface area contributed by atoms with Crippen molar-refractivity contribution in [3.63, 3.8) is 0 Å². The van der Waals surface area contributed by atoms with Crippen molar-refractivity contribution in [1.29, 1.82) is 0 Å². The molecule has 2 aromatic rings. The smallest absolute Gasteiger partial charge is 0.335 e. The molecule has 0 aliphatic carbocycles. The summed E-state index contributed by atoms with van der Waals surface area (Å²) in [5.74, 6) is -2.54. The highest BCUT2D eigenvalue weighted by atomic mass is 16.8. The number of carboxylic acids is 2. The Kier molecular flexibility index (Phi) is 2.89. The van der Waals surface area contributed by atoms with E-state index in [1.807, 2.05) is 0 Å². The Hall–Kier alpha value is -2.94. The number of fused-ring (bicyclic) bond motifs is 2. The molecule has 0 fully saturated rings. The van der Waals surface area contributed by atoms with Crippen LogP contribution in [0.1, 0.15) is 20.7 Å². The van der Waals surface area contributed by atoms with Crippen LogP contribution in [0, 0.1) is 5.21 Å². The highest BCUT2D eigenvalue weighted by Gasteiger charge is 2.37. The van der Waals surface area contributed by atoms with Gasteiger partial charge in [-0.15, -0.1) is 4.81 Å². The molecule has 3 N–H and O–H groups in total. The van der Waals surface area contributed by atoms with Crippen LogP contribution in [0.5, 0.6) is 11.5 Å². The SMILES string of the molecule is O=C(O)c1ccc2c(c1)[N+]([O-])(O)c1cc(C(=O)O)ccc1O2. The molecular weight excluding hydrogens is 294 g/mol. The van der Waals surface area contributed by atoms with E-state index in [4.69, 9.17) is 14.9 Å². The number of carboxylic acid groups (broad SMARTS) is 2. The minimum atomic E-state index is -2.05. The first kappa shape index (κ1) is 14.0. The first-order chi connectivity index (χ1) is 10.3. The van der Waals surface area contributed by atoms with Gasteiger partial charge in [-0.2, -0.15) is 0 Å². The molecule has 8 heteroatoms. The molecule has 0 atom stereocenters. The zero-order chi connectivity index (χ0) is 16.1. The van der Waals surface area contributed by atoms with Crippen molar-refractivity contribution in [2.45, 2.75) is 0 Å². The standard InChI is InChI=1S/C14H9NO7/c16-13(17)7-1-3-11-9(5-7)15(20,21)10-6-8(14(18)19)2-4-12(10)22-11/h1-6,20H,(H,16,17)(H,18,19). The van der Waals surface area contributed by atoms with E-state index < -0.39 is 16.7 Å². The number of benzene rings is 2. The van der Waals surface area contributed by atoms with Crippen molar-refractivity contribution >= 4 is 23.3 Å². The average Bonchev–Trinajstić information content (AvgIpc) is 2.46. The number of quaternary nitrogens is 1. The van der Waals surface area contributed by atoms with Crippen molar-refractivity contribution in [3.05, 3.63) is 52.7 Å². The van der Waals surface area contributed by atoms with Gasteiger partial charge in [0.1, 0.15) is 0 Å². The molecule has 0 unspecified atom stereocenters. The van der Waals surface area contributed by atoms with E-state index in [2.05, 4.69) is 0 Å². The largest absolute Gasteiger partial charge is 0.588 e. The van der Waals surface area contributed by atoms with E-state index in [0.29, 0.717) is 0 Å². The summed E-state index contributed by atoms with van der Waals surface area (Å²) in [5, 5.41) is 40.7. The summed E-state index contributed by atoms with van der Waals surface area (Å²) >= 11 is 0. The van der Waals surface area contributed by atoms with E-state index in [1.165, 1.54) is 24.3 Å². The van der Waals surface area contributed by atoms with Crippen LogP contribution in [-0.4, -0.2) is 27.4 Å². The fraction of sp³-hybridized carbons (Fsp3) is 0. The van der Waals surface area contributed by atoms with Gasteiger partial charge in [0, 0.05) is 12.1 Å². The number of hydrogen-bond acceptors (Lipinski definition) is 5. The Morgan fingerprint density at radius 3 is 1.68 bits per heavy atom. The van der Waals surface area contributed by atoms with Crippen LogP contribution in [0.4, 0.5) is 11.4 Å². The van der Waals surface area contributed by atoms with Gasteiger partial charge in [0.2, 0.25) is 11.4 Å². The molecule has 0 radical (unpaired) electrons. The molecule has 0 saturated heterocycles. The molecular formula is C14H9NO7. The molecule has 1 aliphatic heterocycles. The summed E-state index contributed by atoms with van der Waals surface area (Å²) in [6.45, 7) is 0. The fourth-order valence-electron chi connectivity index (χ4n) is 2.20. The number of aromatic carboxylic acids is 2. The van der Waals surface area contributed by atoms with E-state index in [-0.39, 0.29) is 34.0 Å². The van der Waals surface area contributed by atoms with Crippen molar-refractivity contribution < 1.29 is 29.7 Å². The third kappa shape index (κ3) is 1.99. The summed E-state index contributed by atoms with van der Waals surface area (Å²) < 4.78 is 5.42. The molecule has 0 spiro atoms. The molecule has 1 heterocycles. The minimum absolute atomic E-state index is 0.00178. The maximum absolute atomic E-state index is 12.5. The summed E-state index contributed by atoms with van der Waals surface area (Å²) in [6, 6.07) is 6.96. The Morgan fingerprint density at radius 2 is 1.32 bits per heavy atom.